The van der Waals surface area contributed by atoms with Crippen LogP contribution in [0, 0.1) is 6.92 Å². The van der Waals surface area contributed by atoms with Crippen LogP contribution in [0.25, 0.3) is 0 Å². The molecule has 1 amide bonds. The molecule has 0 saturated carbocycles. The number of aryl methyl sites for hydroxylation is 2. The molecule has 1 fully saturated rings. The number of benzene rings is 1. The van der Waals surface area contributed by atoms with Gasteiger partial charge in [0.2, 0.25) is 0 Å². The molecule has 1 aliphatic rings. The quantitative estimate of drug-likeness (QED) is 0.858. The van der Waals surface area contributed by atoms with Gasteiger partial charge in [0, 0.05) is 50.0 Å². The lowest BCUT2D eigenvalue weighted by molar-refractivity contribution is 0.0576. The maximum absolute atomic E-state index is 12.6. The third kappa shape index (κ3) is 3.47. The Balaban J connectivity index is 1.61. The average molecular weight is 347 g/mol. The fraction of sp³-hybridized carbons (Fsp3) is 0.444. The molecule has 24 heavy (non-hydrogen) atoms. The molecule has 0 unspecified atom stereocenters. The summed E-state index contributed by atoms with van der Waals surface area (Å²) in [6.07, 6.45) is 0. The first-order valence-corrected chi connectivity index (χ1v) is 8.63. The molecule has 1 aromatic heterocycles. The lowest BCUT2D eigenvalue weighted by Gasteiger charge is -2.38. The zero-order chi connectivity index (χ0) is 17.3. The molecule has 0 spiro atoms. The number of aromatic nitrogens is 2. The van der Waals surface area contributed by atoms with Gasteiger partial charge in [0.1, 0.15) is 0 Å². The van der Waals surface area contributed by atoms with E-state index in [4.69, 9.17) is 11.6 Å². The summed E-state index contributed by atoms with van der Waals surface area (Å²) in [5.41, 5.74) is 2.78. The van der Waals surface area contributed by atoms with E-state index >= 15 is 0 Å². The Morgan fingerprint density at radius 1 is 1.17 bits per heavy atom. The third-order valence-corrected chi connectivity index (χ3v) is 5.09. The second kappa shape index (κ2) is 6.95. The number of nitrogens with zero attached hydrogens (tertiary/aromatic N) is 4. The van der Waals surface area contributed by atoms with Crippen LogP contribution in [-0.4, -0.2) is 51.7 Å². The van der Waals surface area contributed by atoms with Gasteiger partial charge in [-0.05, 0) is 37.6 Å². The van der Waals surface area contributed by atoms with Crippen molar-refractivity contribution in [2.45, 2.75) is 19.9 Å². The molecule has 0 bridgehead atoms. The number of amides is 1. The lowest BCUT2D eigenvalue weighted by Crippen LogP contribution is -2.49. The lowest BCUT2D eigenvalue weighted by atomic mass is 10.1. The molecular formula is C18H23ClN4O. The molecule has 0 radical (unpaired) electrons. The summed E-state index contributed by atoms with van der Waals surface area (Å²) in [4.78, 5) is 16.9. The van der Waals surface area contributed by atoms with E-state index in [0.29, 0.717) is 11.7 Å². The molecule has 128 valence electrons. The molecule has 2 heterocycles. The monoisotopic (exact) mass is 346 g/mol. The van der Waals surface area contributed by atoms with Crippen LogP contribution in [0.1, 0.15) is 34.7 Å². The third-order valence-electron chi connectivity index (χ3n) is 4.83. The summed E-state index contributed by atoms with van der Waals surface area (Å²) in [6, 6.07) is 10.2. The predicted molar refractivity (Wildman–Crippen MR) is 95.3 cm³/mol. The van der Waals surface area contributed by atoms with Crippen LogP contribution in [0.2, 0.25) is 5.02 Å². The summed E-state index contributed by atoms with van der Waals surface area (Å²) in [5.74, 6) is 0.0255. The highest BCUT2D eigenvalue weighted by Crippen LogP contribution is 2.23. The van der Waals surface area contributed by atoms with Crippen LogP contribution in [0.4, 0.5) is 0 Å². The summed E-state index contributed by atoms with van der Waals surface area (Å²) < 4.78 is 1.74. The van der Waals surface area contributed by atoms with Crippen molar-refractivity contribution < 1.29 is 4.79 Å². The standard InChI is InChI=1S/C18H23ClN4O/c1-13-12-17(20-21(13)3)18(24)23-10-8-22(9-11-23)14(2)15-4-6-16(19)7-5-15/h4-7,12,14H,8-11H2,1-3H3/t14-/m0/s1. The molecule has 1 aromatic carbocycles. The first kappa shape index (κ1) is 17.0. The van der Waals surface area contributed by atoms with Crippen molar-refractivity contribution in [3.05, 3.63) is 52.3 Å². The van der Waals surface area contributed by atoms with E-state index in [1.807, 2.05) is 37.1 Å². The predicted octanol–water partition coefficient (Wildman–Crippen LogP) is 2.90. The molecule has 0 aliphatic carbocycles. The average Bonchev–Trinajstić information content (AvgIpc) is 2.93. The Morgan fingerprint density at radius 3 is 2.33 bits per heavy atom. The van der Waals surface area contributed by atoms with Gasteiger partial charge < -0.3 is 4.90 Å². The second-order valence-electron chi connectivity index (χ2n) is 6.35. The first-order chi connectivity index (χ1) is 11.5. The zero-order valence-corrected chi connectivity index (χ0v) is 15.1. The van der Waals surface area contributed by atoms with Crippen molar-refractivity contribution in [3.63, 3.8) is 0 Å². The van der Waals surface area contributed by atoms with E-state index < -0.39 is 0 Å². The van der Waals surface area contributed by atoms with E-state index in [0.717, 1.165) is 36.9 Å². The fourth-order valence-electron chi connectivity index (χ4n) is 3.09. The van der Waals surface area contributed by atoms with Gasteiger partial charge in [-0.2, -0.15) is 5.10 Å². The second-order valence-corrected chi connectivity index (χ2v) is 6.79. The Bertz CT molecular complexity index is 698. The number of carbonyl (C=O) groups excluding carboxylic acids is 1. The largest absolute Gasteiger partial charge is 0.335 e. The van der Waals surface area contributed by atoms with E-state index in [-0.39, 0.29) is 5.91 Å². The SMILES string of the molecule is Cc1cc(C(=O)N2CCN([C@@H](C)c3ccc(Cl)cc3)CC2)nn1C. The number of hydrogen-bond acceptors (Lipinski definition) is 3. The van der Waals surface area contributed by atoms with Crippen molar-refractivity contribution >= 4 is 17.5 Å². The van der Waals surface area contributed by atoms with Gasteiger partial charge in [0.05, 0.1) is 0 Å². The van der Waals surface area contributed by atoms with Crippen LogP contribution in [0.15, 0.2) is 30.3 Å². The van der Waals surface area contributed by atoms with Gasteiger partial charge >= 0.3 is 0 Å². The minimum atomic E-state index is 0.0255. The molecule has 6 heteroatoms. The Kier molecular flexibility index (Phi) is 4.92. The summed E-state index contributed by atoms with van der Waals surface area (Å²) in [5, 5.41) is 5.05. The zero-order valence-electron chi connectivity index (χ0n) is 14.4. The Labute approximate surface area is 147 Å². The molecule has 5 nitrogen and oxygen atoms in total. The number of hydrogen-bond donors (Lipinski definition) is 0. The first-order valence-electron chi connectivity index (χ1n) is 8.25. The molecule has 0 N–H and O–H groups in total. The van der Waals surface area contributed by atoms with Crippen LogP contribution in [0.3, 0.4) is 0 Å². The van der Waals surface area contributed by atoms with Crippen molar-refractivity contribution in [2.24, 2.45) is 7.05 Å². The van der Waals surface area contributed by atoms with E-state index in [1.165, 1.54) is 5.56 Å². The van der Waals surface area contributed by atoms with E-state index in [1.54, 1.807) is 4.68 Å². The van der Waals surface area contributed by atoms with Gasteiger partial charge in [-0.3, -0.25) is 14.4 Å². The van der Waals surface area contributed by atoms with Crippen molar-refractivity contribution in [1.82, 2.24) is 19.6 Å². The van der Waals surface area contributed by atoms with Crippen molar-refractivity contribution in [2.75, 3.05) is 26.2 Å². The van der Waals surface area contributed by atoms with Gasteiger partial charge in [-0.15, -0.1) is 0 Å². The molecule has 1 atom stereocenters. The summed E-state index contributed by atoms with van der Waals surface area (Å²) in [6.45, 7) is 7.33. The van der Waals surface area contributed by atoms with Crippen molar-refractivity contribution in [3.8, 4) is 0 Å². The van der Waals surface area contributed by atoms with Gasteiger partial charge in [-0.1, -0.05) is 23.7 Å². The highest BCUT2D eigenvalue weighted by Gasteiger charge is 2.26. The summed E-state index contributed by atoms with van der Waals surface area (Å²) >= 11 is 5.96. The number of halogens is 1. The summed E-state index contributed by atoms with van der Waals surface area (Å²) in [7, 11) is 1.86. The van der Waals surface area contributed by atoms with Gasteiger partial charge in [0.15, 0.2) is 5.69 Å². The highest BCUT2D eigenvalue weighted by atomic mass is 35.5. The molecule has 1 saturated heterocycles. The number of carbonyl (C=O) groups is 1. The highest BCUT2D eigenvalue weighted by molar-refractivity contribution is 6.30. The van der Waals surface area contributed by atoms with E-state index in [2.05, 4.69) is 29.1 Å². The van der Waals surface area contributed by atoms with E-state index in [9.17, 15) is 4.79 Å². The van der Waals surface area contributed by atoms with Crippen LogP contribution < -0.4 is 0 Å². The van der Waals surface area contributed by atoms with Crippen molar-refractivity contribution in [1.29, 1.82) is 0 Å². The van der Waals surface area contributed by atoms with Gasteiger partial charge in [-0.25, -0.2) is 0 Å². The van der Waals surface area contributed by atoms with Gasteiger partial charge in [0.25, 0.3) is 5.91 Å². The molecule has 2 aromatic rings. The number of piperazine rings is 1. The maximum Gasteiger partial charge on any atom is 0.274 e. The smallest absolute Gasteiger partial charge is 0.274 e. The normalized spacial score (nSPS) is 17.1. The fourth-order valence-corrected chi connectivity index (χ4v) is 3.22. The molecular weight excluding hydrogens is 324 g/mol. The maximum atomic E-state index is 12.6. The minimum Gasteiger partial charge on any atom is -0.335 e. The molecule has 1 aliphatic heterocycles. The Morgan fingerprint density at radius 2 is 1.79 bits per heavy atom. The van der Waals surface area contributed by atoms with Crippen LogP contribution in [0.5, 0.6) is 0 Å². The van der Waals surface area contributed by atoms with Crippen LogP contribution in [-0.2, 0) is 7.05 Å². The topological polar surface area (TPSA) is 41.4 Å². The number of rotatable bonds is 3. The minimum absolute atomic E-state index is 0.0255. The van der Waals surface area contributed by atoms with Crippen LogP contribution >= 0.6 is 11.6 Å². The Hall–Kier alpha value is -1.85. The molecule has 3 rings (SSSR count).